The predicted octanol–water partition coefficient (Wildman–Crippen LogP) is 5.88. The molecule has 0 saturated carbocycles. The van der Waals surface area contributed by atoms with Gasteiger partial charge in [0.15, 0.2) is 5.78 Å². The Morgan fingerprint density at radius 1 is 0.941 bits per heavy atom. The van der Waals surface area contributed by atoms with E-state index in [2.05, 4.69) is 0 Å². The zero-order chi connectivity index (χ0) is 24.7. The average molecular weight is 540 g/mol. The Balaban J connectivity index is 1.73. The standard InChI is InChI=1S/C24H18Cl4N2O4/c1-12-2-5-15-17(8-12)24(34)30(23(15)33)29(22(32)13-3-7-18(26)20(28)9-13)11-21(31)16-6-4-14(25)10-19(16)27/h2-4,6-7,9-10,15,17H,5,8,11H2,1H3/t15-,17-/m1/s1. The first-order valence-corrected chi connectivity index (χ1v) is 11.9. The highest BCUT2D eigenvalue weighted by Gasteiger charge is 2.51. The lowest BCUT2D eigenvalue weighted by Gasteiger charge is -2.30. The second-order valence-electron chi connectivity index (χ2n) is 8.23. The van der Waals surface area contributed by atoms with E-state index in [1.807, 2.05) is 13.0 Å². The molecule has 0 radical (unpaired) electrons. The Kier molecular flexibility index (Phi) is 7.06. The highest BCUT2D eigenvalue weighted by molar-refractivity contribution is 6.42. The SMILES string of the molecule is CC1=CC[C@H]2C(=O)N(N(CC(=O)c3ccc(Cl)cc3Cl)C(=O)c3ccc(Cl)c(Cl)c3)C(=O)[C@@H]2C1. The minimum atomic E-state index is -0.748. The van der Waals surface area contributed by atoms with Crippen molar-refractivity contribution in [3.8, 4) is 0 Å². The summed E-state index contributed by atoms with van der Waals surface area (Å²) in [6.45, 7) is 1.30. The van der Waals surface area contributed by atoms with Gasteiger partial charge in [0, 0.05) is 16.1 Å². The molecule has 10 heteroatoms. The fourth-order valence-electron chi connectivity index (χ4n) is 4.21. The van der Waals surface area contributed by atoms with Crippen LogP contribution in [0.3, 0.4) is 0 Å². The lowest BCUT2D eigenvalue weighted by atomic mass is 9.82. The zero-order valence-electron chi connectivity index (χ0n) is 17.9. The highest BCUT2D eigenvalue weighted by atomic mass is 35.5. The van der Waals surface area contributed by atoms with E-state index in [0.29, 0.717) is 17.9 Å². The Morgan fingerprint density at radius 2 is 1.65 bits per heavy atom. The van der Waals surface area contributed by atoms with Crippen LogP contribution in [0.25, 0.3) is 0 Å². The van der Waals surface area contributed by atoms with Gasteiger partial charge in [-0.1, -0.05) is 58.1 Å². The lowest BCUT2D eigenvalue weighted by Crippen LogP contribution is -2.52. The number of ketones is 1. The smallest absolute Gasteiger partial charge is 0.273 e. The molecular weight excluding hydrogens is 522 g/mol. The number of hydrazine groups is 1. The highest BCUT2D eigenvalue weighted by Crippen LogP contribution is 2.39. The number of imide groups is 1. The maximum absolute atomic E-state index is 13.5. The van der Waals surface area contributed by atoms with Gasteiger partial charge >= 0.3 is 0 Å². The van der Waals surface area contributed by atoms with Gasteiger partial charge in [-0.05, 0) is 56.2 Å². The molecule has 34 heavy (non-hydrogen) atoms. The van der Waals surface area contributed by atoms with E-state index in [-0.39, 0.29) is 26.2 Å². The molecule has 0 bridgehead atoms. The molecule has 1 fully saturated rings. The van der Waals surface area contributed by atoms with Gasteiger partial charge in [-0.3, -0.25) is 19.2 Å². The number of benzene rings is 2. The Labute approximate surface area is 216 Å². The van der Waals surface area contributed by atoms with Crippen molar-refractivity contribution >= 4 is 69.9 Å². The van der Waals surface area contributed by atoms with Gasteiger partial charge in [0.2, 0.25) is 0 Å². The van der Waals surface area contributed by atoms with E-state index >= 15 is 0 Å². The van der Waals surface area contributed by atoms with Crippen LogP contribution in [0.1, 0.15) is 40.5 Å². The van der Waals surface area contributed by atoms with Crippen molar-refractivity contribution in [2.24, 2.45) is 11.8 Å². The lowest BCUT2D eigenvalue weighted by molar-refractivity contribution is -0.154. The van der Waals surface area contributed by atoms with Crippen LogP contribution in [0.4, 0.5) is 0 Å². The zero-order valence-corrected chi connectivity index (χ0v) is 20.9. The first-order valence-electron chi connectivity index (χ1n) is 10.4. The number of allylic oxidation sites excluding steroid dienone is 2. The van der Waals surface area contributed by atoms with Gasteiger partial charge < -0.3 is 0 Å². The summed E-state index contributed by atoms with van der Waals surface area (Å²) >= 11 is 24.1. The Bertz CT molecular complexity index is 1260. The van der Waals surface area contributed by atoms with Gasteiger partial charge in [-0.2, -0.15) is 5.01 Å². The van der Waals surface area contributed by atoms with Gasteiger partial charge in [-0.15, -0.1) is 0 Å². The van der Waals surface area contributed by atoms with Crippen molar-refractivity contribution in [1.29, 1.82) is 0 Å². The second kappa shape index (κ2) is 9.70. The third-order valence-corrected chi connectivity index (χ3v) is 7.25. The number of Topliss-reactive ketones (excluding diaryl/α,β-unsaturated/α-hetero) is 1. The van der Waals surface area contributed by atoms with Crippen molar-refractivity contribution in [3.63, 3.8) is 0 Å². The molecule has 0 N–H and O–H groups in total. The van der Waals surface area contributed by atoms with Crippen molar-refractivity contribution in [1.82, 2.24) is 10.0 Å². The van der Waals surface area contributed by atoms with Crippen LogP contribution >= 0.6 is 46.4 Å². The third kappa shape index (κ3) is 4.60. The van der Waals surface area contributed by atoms with E-state index in [4.69, 9.17) is 46.4 Å². The molecule has 2 aromatic rings. The van der Waals surface area contributed by atoms with Crippen molar-refractivity contribution in [2.45, 2.75) is 19.8 Å². The minimum Gasteiger partial charge on any atom is -0.292 e. The van der Waals surface area contributed by atoms with Crippen LogP contribution in [0.2, 0.25) is 20.1 Å². The summed E-state index contributed by atoms with van der Waals surface area (Å²) in [5.41, 5.74) is 1.16. The molecule has 0 spiro atoms. The van der Waals surface area contributed by atoms with Crippen molar-refractivity contribution < 1.29 is 19.2 Å². The van der Waals surface area contributed by atoms with Crippen LogP contribution in [-0.4, -0.2) is 40.1 Å². The fraction of sp³-hybridized carbons (Fsp3) is 0.250. The number of rotatable bonds is 5. The molecule has 6 nitrogen and oxygen atoms in total. The summed E-state index contributed by atoms with van der Waals surface area (Å²) in [5, 5.41) is 2.44. The molecule has 0 aromatic heterocycles. The molecule has 4 rings (SSSR count). The molecule has 1 heterocycles. The van der Waals surface area contributed by atoms with Gasteiger partial charge in [0.1, 0.15) is 6.54 Å². The number of carbonyl (C=O) groups is 4. The molecule has 0 unspecified atom stereocenters. The maximum Gasteiger partial charge on any atom is 0.273 e. The van der Waals surface area contributed by atoms with Crippen LogP contribution in [0, 0.1) is 11.8 Å². The van der Waals surface area contributed by atoms with Crippen LogP contribution in [-0.2, 0) is 9.59 Å². The minimum absolute atomic E-state index is 0.0641. The molecule has 1 saturated heterocycles. The molecule has 2 atom stereocenters. The number of halogens is 4. The normalized spacial score (nSPS) is 19.7. The third-order valence-electron chi connectivity index (χ3n) is 5.97. The summed E-state index contributed by atoms with van der Waals surface area (Å²) in [6.07, 6.45) is 2.72. The quantitative estimate of drug-likeness (QED) is 0.270. The topological polar surface area (TPSA) is 74.8 Å². The predicted molar refractivity (Wildman–Crippen MR) is 130 cm³/mol. The van der Waals surface area contributed by atoms with Crippen LogP contribution < -0.4 is 0 Å². The molecule has 2 aliphatic rings. The fourth-order valence-corrected chi connectivity index (χ4v) is 5.02. The van der Waals surface area contributed by atoms with Crippen molar-refractivity contribution in [2.75, 3.05) is 6.54 Å². The molecule has 1 aliphatic carbocycles. The van der Waals surface area contributed by atoms with Gasteiger partial charge in [0.25, 0.3) is 17.7 Å². The number of hydrogen-bond acceptors (Lipinski definition) is 4. The molecule has 176 valence electrons. The first-order chi connectivity index (χ1) is 16.1. The van der Waals surface area contributed by atoms with Crippen LogP contribution in [0.15, 0.2) is 48.0 Å². The molecular formula is C24H18Cl4N2O4. The largest absolute Gasteiger partial charge is 0.292 e. The monoisotopic (exact) mass is 538 g/mol. The number of fused-ring (bicyclic) bond motifs is 1. The molecule has 2 aromatic carbocycles. The van der Waals surface area contributed by atoms with E-state index in [0.717, 1.165) is 15.6 Å². The van der Waals surface area contributed by atoms with Gasteiger partial charge in [-0.25, -0.2) is 5.01 Å². The van der Waals surface area contributed by atoms with Gasteiger partial charge in [0.05, 0.1) is 26.9 Å². The number of carbonyl (C=O) groups excluding carboxylic acids is 4. The average Bonchev–Trinajstić information content (AvgIpc) is 3.02. The Morgan fingerprint density at radius 3 is 2.32 bits per heavy atom. The van der Waals surface area contributed by atoms with E-state index in [1.54, 1.807) is 0 Å². The summed E-state index contributed by atoms with van der Waals surface area (Å²) < 4.78 is 0. The van der Waals surface area contributed by atoms with Crippen LogP contribution in [0.5, 0.6) is 0 Å². The molecule has 1 aliphatic heterocycles. The second-order valence-corrected chi connectivity index (χ2v) is 9.89. The first kappa shape index (κ1) is 24.7. The van der Waals surface area contributed by atoms with E-state index in [9.17, 15) is 19.2 Å². The maximum atomic E-state index is 13.5. The summed E-state index contributed by atoms with van der Waals surface area (Å²) in [7, 11) is 0. The summed E-state index contributed by atoms with van der Waals surface area (Å²) in [6, 6.07) is 8.47. The summed E-state index contributed by atoms with van der Waals surface area (Å²) in [4.78, 5) is 53.2. The number of hydrogen-bond donors (Lipinski definition) is 0. The Hall–Kier alpha value is -2.38. The number of amides is 3. The van der Waals surface area contributed by atoms with E-state index in [1.165, 1.54) is 36.4 Å². The van der Waals surface area contributed by atoms with E-state index < -0.39 is 41.9 Å². The van der Waals surface area contributed by atoms with Crippen molar-refractivity contribution in [3.05, 3.63) is 79.3 Å². The molecule has 3 amide bonds. The summed E-state index contributed by atoms with van der Waals surface area (Å²) in [5.74, 6) is -3.54. The number of nitrogens with zero attached hydrogens (tertiary/aromatic N) is 2.